The predicted molar refractivity (Wildman–Crippen MR) is 104 cm³/mol. The van der Waals surface area contributed by atoms with Gasteiger partial charge in [-0.2, -0.15) is 5.10 Å². The van der Waals surface area contributed by atoms with Crippen molar-refractivity contribution in [1.29, 1.82) is 0 Å². The van der Waals surface area contributed by atoms with Crippen LogP contribution in [0, 0.1) is 6.92 Å². The first kappa shape index (κ1) is 17.3. The highest BCUT2D eigenvalue weighted by atomic mass is 16.5. The molecule has 0 bridgehead atoms. The second kappa shape index (κ2) is 7.27. The minimum Gasteiger partial charge on any atom is -0.487 e. The summed E-state index contributed by atoms with van der Waals surface area (Å²) in [6.07, 6.45) is 0. The third kappa shape index (κ3) is 3.72. The van der Waals surface area contributed by atoms with E-state index in [1.54, 1.807) is 0 Å². The molecule has 4 rings (SSSR count). The quantitative estimate of drug-likeness (QED) is 0.694. The number of nitrogens with zero attached hydrogens (tertiary/aromatic N) is 3. The van der Waals surface area contributed by atoms with E-state index < -0.39 is 0 Å². The van der Waals surface area contributed by atoms with Crippen molar-refractivity contribution in [3.63, 3.8) is 0 Å². The molecule has 0 saturated heterocycles. The molecule has 1 aliphatic rings. The van der Waals surface area contributed by atoms with E-state index >= 15 is 0 Å². The lowest BCUT2D eigenvalue weighted by molar-refractivity contribution is 0.0584. The number of hydrogen-bond donors (Lipinski definition) is 0. The molecule has 1 atom stereocenters. The molecule has 5 nitrogen and oxygen atoms in total. The van der Waals surface area contributed by atoms with Gasteiger partial charge in [0.25, 0.3) is 5.91 Å². The number of rotatable bonds is 5. The van der Waals surface area contributed by atoms with E-state index in [0.717, 1.165) is 22.6 Å². The Balaban J connectivity index is 1.49. The molecule has 0 fully saturated rings. The van der Waals surface area contributed by atoms with Crippen molar-refractivity contribution >= 4 is 5.91 Å². The number of amides is 1. The Hall–Kier alpha value is -3.08. The maximum absolute atomic E-state index is 13.0. The van der Waals surface area contributed by atoms with Crippen LogP contribution in [0.2, 0.25) is 0 Å². The maximum Gasteiger partial charge on any atom is 0.272 e. The van der Waals surface area contributed by atoms with Crippen LogP contribution in [-0.4, -0.2) is 26.6 Å². The summed E-state index contributed by atoms with van der Waals surface area (Å²) in [5.74, 6) is 0.832. The molecular formula is C22H23N3O2. The molecule has 0 N–H and O–H groups in total. The zero-order chi connectivity index (χ0) is 18.8. The molecule has 1 aliphatic heterocycles. The summed E-state index contributed by atoms with van der Waals surface area (Å²) in [4.78, 5) is 14.9. The lowest BCUT2D eigenvalue weighted by Gasteiger charge is -2.33. The summed E-state index contributed by atoms with van der Waals surface area (Å²) in [5.41, 5.74) is 3.69. The van der Waals surface area contributed by atoms with Gasteiger partial charge in [0.2, 0.25) is 0 Å². The third-order valence-electron chi connectivity index (χ3n) is 4.85. The highest BCUT2D eigenvalue weighted by Crippen LogP contribution is 2.22. The fraction of sp³-hybridized carbons (Fsp3) is 0.273. The zero-order valence-electron chi connectivity index (χ0n) is 15.6. The van der Waals surface area contributed by atoms with Gasteiger partial charge in [-0.25, -0.2) is 0 Å². The molecule has 3 aromatic rings. The fourth-order valence-electron chi connectivity index (χ4n) is 3.42. The zero-order valence-corrected chi connectivity index (χ0v) is 15.6. The summed E-state index contributed by atoms with van der Waals surface area (Å²) >= 11 is 0. The van der Waals surface area contributed by atoms with Gasteiger partial charge in [0.15, 0.2) is 0 Å². The largest absolute Gasteiger partial charge is 0.487 e. The average molecular weight is 361 g/mol. The van der Waals surface area contributed by atoms with Gasteiger partial charge in [-0.1, -0.05) is 42.5 Å². The Morgan fingerprint density at radius 1 is 1.11 bits per heavy atom. The molecule has 0 aliphatic carbocycles. The van der Waals surface area contributed by atoms with E-state index in [1.165, 1.54) is 0 Å². The number of ether oxygens (including phenoxy) is 1. The van der Waals surface area contributed by atoms with Crippen LogP contribution in [0.4, 0.5) is 0 Å². The van der Waals surface area contributed by atoms with Crippen molar-refractivity contribution in [3.05, 3.63) is 83.2 Å². The van der Waals surface area contributed by atoms with Crippen LogP contribution in [0.5, 0.6) is 5.75 Å². The summed E-state index contributed by atoms with van der Waals surface area (Å²) < 4.78 is 7.64. The first-order valence-corrected chi connectivity index (χ1v) is 9.21. The Morgan fingerprint density at radius 2 is 1.93 bits per heavy atom. The second-order valence-electron chi connectivity index (χ2n) is 7.08. The maximum atomic E-state index is 13.0. The van der Waals surface area contributed by atoms with E-state index in [9.17, 15) is 4.79 Å². The topological polar surface area (TPSA) is 47.4 Å². The van der Waals surface area contributed by atoms with Gasteiger partial charge in [0.1, 0.15) is 23.7 Å². The van der Waals surface area contributed by atoms with Gasteiger partial charge < -0.3 is 9.64 Å². The molecule has 138 valence electrons. The highest BCUT2D eigenvalue weighted by Gasteiger charge is 2.31. The molecule has 0 spiro atoms. The lowest BCUT2D eigenvalue weighted by Crippen LogP contribution is -2.46. The van der Waals surface area contributed by atoms with Gasteiger partial charge in [-0.05, 0) is 43.2 Å². The molecular weight excluding hydrogens is 338 g/mol. The molecule has 0 unspecified atom stereocenters. The molecule has 1 amide bonds. The minimum atomic E-state index is 0.0203. The van der Waals surface area contributed by atoms with Crippen molar-refractivity contribution in [3.8, 4) is 5.75 Å². The number of hydrogen-bond acceptors (Lipinski definition) is 3. The van der Waals surface area contributed by atoms with E-state index in [2.05, 4.69) is 12.0 Å². The predicted octanol–water partition coefficient (Wildman–Crippen LogP) is 3.82. The Kier molecular flexibility index (Phi) is 4.67. The van der Waals surface area contributed by atoms with Crippen molar-refractivity contribution in [2.75, 3.05) is 0 Å². The van der Waals surface area contributed by atoms with Crippen LogP contribution in [0.25, 0.3) is 0 Å². The molecule has 27 heavy (non-hydrogen) atoms. The fourth-order valence-corrected chi connectivity index (χ4v) is 3.42. The second-order valence-corrected chi connectivity index (χ2v) is 7.08. The number of fused-ring (bicyclic) bond motifs is 1. The average Bonchev–Trinajstić information content (AvgIpc) is 3.07. The van der Waals surface area contributed by atoms with Crippen molar-refractivity contribution in [2.24, 2.45) is 0 Å². The minimum absolute atomic E-state index is 0.0203. The van der Waals surface area contributed by atoms with E-state index in [1.807, 2.05) is 77.2 Å². The van der Waals surface area contributed by atoms with Crippen LogP contribution < -0.4 is 4.74 Å². The number of carbonyl (C=O) groups is 1. The third-order valence-corrected chi connectivity index (χ3v) is 4.85. The van der Waals surface area contributed by atoms with Gasteiger partial charge in [-0.15, -0.1) is 0 Å². The summed E-state index contributed by atoms with van der Waals surface area (Å²) in [6.45, 7) is 5.75. The van der Waals surface area contributed by atoms with Gasteiger partial charge in [0.05, 0.1) is 6.54 Å². The standard InChI is InChI=1S/C22H23N3O2/c1-16-7-6-10-20(11-16)27-15-19-12-21-22(26)24(17(2)13-25(21)23-19)14-18-8-4-3-5-9-18/h3-12,17H,13-15H2,1-2H3/t17-/m1/s1. The monoisotopic (exact) mass is 361 g/mol. The van der Waals surface area contributed by atoms with Gasteiger partial charge in [-0.3, -0.25) is 9.48 Å². The van der Waals surface area contributed by atoms with Gasteiger partial charge >= 0.3 is 0 Å². The summed E-state index contributed by atoms with van der Waals surface area (Å²) in [6, 6.07) is 19.9. The Bertz CT molecular complexity index is 949. The molecule has 0 saturated carbocycles. The smallest absolute Gasteiger partial charge is 0.272 e. The van der Waals surface area contributed by atoms with Crippen LogP contribution in [0.3, 0.4) is 0 Å². The summed E-state index contributed by atoms with van der Waals surface area (Å²) in [7, 11) is 0. The molecule has 2 aromatic carbocycles. The number of carbonyl (C=O) groups excluding carboxylic acids is 1. The molecule has 0 radical (unpaired) electrons. The van der Waals surface area contributed by atoms with Crippen LogP contribution in [0.15, 0.2) is 60.7 Å². The van der Waals surface area contributed by atoms with E-state index in [-0.39, 0.29) is 11.9 Å². The first-order valence-electron chi connectivity index (χ1n) is 9.21. The molecule has 1 aromatic heterocycles. The Morgan fingerprint density at radius 3 is 2.70 bits per heavy atom. The van der Waals surface area contributed by atoms with Crippen molar-refractivity contribution in [2.45, 2.75) is 39.6 Å². The lowest BCUT2D eigenvalue weighted by atomic mass is 10.1. The highest BCUT2D eigenvalue weighted by molar-refractivity contribution is 5.93. The molecule has 5 heteroatoms. The van der Waals surface area contributed by atoms with E-state index in [0.29, 0.717) is 25.4 Å². The number of aromatic nitrogens is 2. The van der Waals surface area contributed by atoms with Crippen LogP contribution in [0.1, 0.15) is 34.2 Å². The number of aryl methyl sites for hydroxylation is 1. The normalized spacial score (nSPS) is 16.3. The van der Waals surface area contributed by atoms with Crippen molar-refractivity contribution in [1.82, 2.24) is 14.7 Å². The van der Waals surface area contributed by atoms with Crippen LogP contribution >= 0.6 is 0 Å². The van der Waals surface area contributed by atoms with Crippen LogP contribution in [-0.2, 0) is 19.7 Å². The van der Waals surface area contributed by atoms with E-state index in [4.69, 9.17) is 4.74 Å². The number of benzene rings is 2. The first-order chi connectivity index (χ1) is 13.1. The van der Waals surface area contributed by atoms with Crippen molar-refractivity contribution < 1.29 is 9.53 Å². The Labute approximate surface area is 159 Å². The SMILES string of the molecule is Cc1cccc(OCc2cc3n(n2)C[C@@H](C)N(Cc2ccccc2)C3=O)c1. The van der Waals surface area contributed by atoms with Gasteiger partial charge in [0, 0.05) is 12.6 Å². The summed E-state index contributed by atoms with van der Waals surface area (Å²) in [5, 5.41) is 4.57. The molecule has 2 heterocycles.